The van der Waals surface area contributed by atoms with Gasteiger partial charge in [0, 0.05) is 19.5 Å². The molecule has 3 aromatic rings. The van der Waals surface area contributed by atoms with Crippen molar-refractivity contribution >= 4 is 48.7 Å². The summed E-state index contributed by atoms with van der Waals surface area (Å²) in [6.07, 6.45) is -1.45. The third kappa shape index (κ3) is 9.43. The van der Waals surface area contributed by atoms with Crippen LogP contribution in [0, 0.1) is 5.92 Å². The number of amides is 2. The van der Waals surface area contributed by atoms with Crippen LogP contribution in [0.4, 0.5) is 9.93 Å². The van der Waals surface area contributed by atoms with Gasteiger partial charge in [0.2, 0.25) is 15.9 Å². The van der Waals surface area contributed by atoms with Crippen molar-refractivity contribution in [3.8, 4) is 0 Å². The summed E-state index contributed by atoms with van der Waals surface area (Å²) in [6, 6.07) is 13.1. The van der Waals surface area contributed by atoms with E-state index in [-0.39, 0.29) is 48.9 Å². The van der Waals surface area contributed by atoms with E-state index in [2.05, 4.69) is 15.6 Å². The molecule has 14 heteroatoms. The number of likely N-dealkylation sites (N-methyl/N-ethyl adjacent to an activating group) is 1. The van der Waals surface area contributed by atoms with E-state index in [9.17, 15) is 23.1 Å². The predicted molar refractivity (Wildman–Crippen MR) is 169 cm³/mol. The Morgan fingerprint density at radius 2 is 1.91 bits per heavy atom. The molecular weight excluding hydrogens is 606 g/mol. The standard InChI is InChI=1S/C30H41N5O7S2/c1-20(2)16-35(44(39,40)23-10-11-24-27(15-23)43-29(31-24)33-28(37)18-34(3)4)17-26(36)25(14-21-8-6-5-7-9-21)32-30(38)42-22-12-13-41-19-22/h5-11,15,20,22,25-26,36H,12-14,16-19H2,1-4H3,(H,32,38)(H,31,33,37)/t22-,25-,26+/m0/s1. The number of thiazole rings is 1. The molecule has 44 heavy (non-hydrogen) atoms. The average Bonchev–Trinajstić information content (AvgIpc) is 3.60. The molecule has 3 atom stereocenters. The highest BCUT2D eigenvalue weighted by atomic mass is 32.2. The molecule has 1 aliphatic heterocycles. The van der Waals surface area contributed by atoms with E-state index >= 15 is 0 Å². The molecular formula is C30H41N5O7S2. The van der Waals surface area contributed by atoms with Gasteiger partial charge in [0.05, 0.1) is 47.0 Å². The highest BCUT2D eigenvalue weighted by molar-refractivity contribution is 7.89. The molecule has 1 fully saturated rings. The summed E-state index contributed by atoms with van der Waals surface area (Å²) in [4.78, 5) is 31.1. The number of anilines is 1. The molecule has 0 aliphatic carbocycles. The number of fused-ring (bicyclic) bond motifs is 1. The van der Waals surface area contributed by atoms with Gasteiger partial charge in [-0.1, -0.05) is 55.5 Å². The molecule has 0 saturated carbocycles. The first-order valence-electron chi connectivity index (χ1n) is 14.5. The first-order valence-corrected chi connectivity index (χ1v) is 16.8. The smallest absolute Gasteiger partial charge is 0.407 e. The van der Waals surface area contributed by atoms with Gasteiger partial charge in [-0.3, -0.25) is 4.79 Å². The SMILES string of the molecule is CC(C)CN(C[C@@H](O)[C@H](Cc1ccccc1)NC(=O)O[C@H]1CCOC1)S(=O)(=O)c1ccc2nc(NC(=O)CN(C)C)sc2c1. The van der Waals surface area contributed by atoms with Crippen molar-refractivity contribution in [3.63, 3.8) is 0 Å². The molecule has 1 aliphatic rings. The zero-order chi connectivity index (χ0) is 31.9. The van der Waals surface area contributed by atoms with Gasteiger partial charge in [-0.05, 0) is 50.2 Å². The van der Waals surface area contributed by atoms with Crippen LogP contribution in [0.15, 0.2) is 53.4 Å². The quantitative estimate of drug-likeness (QED) is 0.240. The maximum absolute atomic E-state index is 14.0. The number of carbonyl (C=O) groups excluding carboxylic acids is 2. The van der Waals surface area contributed by atoms with Crippen LogP contribution in [-0.2, 0) is 30.7 Å². The van der Waals surface area contributed by atoms with Gasteiger partial charge < -0.3 is 30.1 Å². The van der Waals surface area contributed by atoms with Gasteiger partial charge in [-0.15, -0.1) is 0 Å². The van der Waals surface area contributed by atoms with Crippen molar-refractivity contribution in [3.05, 3.63) is 54.1 Å². The Bertz CT molecular complexity index is 1510. The first-order chi connectivity index (χ1) is 20.9. The fourth-order valence-electron chi connectivity index (χ4n) is 4.82. The summed E-state index contributed by atoms with van der Waals surface area (Å²) >= 11 is 1.18. The summed E-state index contributed by atoms with van der Waals surface area (Å²) in [6.45, 7) is 4.69. The molecule has 0 radical (unpaired) electrons. The fraction of sp³-hybridized carbons (Fsp3) is 0.500. The minimum atomic E-state index is -4.07. The number of carbonyl (C=O) groups is 2. The van der Waals surface area contributed by atoms with Crippen LogP contribution in [0.1, 0.15) is 25.8 Å². The second-order valence-electron chi connectivity index (χ2n) is 11.5. The van der Waals surface area contributed by atoms with Crippen LogP contribution in [0.3, 0.4) is 0 Å². The number of aliphatic hydroxyl groups excluding tert-OH is 1. The van der Waals surface area contributed by atoms with Crippen molar-refractivity contribution in [2.24, 2.45) is 5.92 Å². The highest BCUT2D eigenvalue weighted by Crippen LogP contribution is 2.30. The lowest BCUT2D eigenvalue weighted by molar-refractivity contribution is -0.116. The summed E-state index contributed by atoms with van der Waals surface area (Å²) in [5, 5.41) is 17.3. The number of sulfonamides is 1. The fourth-order valence-corrected chi connectivity index (χ4v) is 7.47. The number of rotatable bonds is 14. The molecule has 2 heterocycles. The summed E-state index contributed by atoms with van der Waals surface area (Å²) in [5.74, 6) is -0.270. The number of benzene rings is 2. The second kappa shape index (κ2) is 15.2. The Morgan fingerprint density at radius 1 is 1.16 bits per heavy atom. The summed E-state index contributed by atoms with van der Waals surface area (Å²) in [5.41, 5.74) is 1.42. The molecule has 12 nitrogen and oxygen atoms in total. The molecule has 3 N–H and O–H groups in total. The van der Waals surface area contributed by atoms with Gasteiger partial charge in [0.15, 0.2) is 5.13 Å². The Labute approximate surface area is 262 Å². The highest BCUT2D eigenvalue weighted by Gasteiger charge is 2.32. The van der Waals surface area contributed by atoms with Gasteiger partial charge in [-0.2, -0.15) is 4.31 Å². The van der Waals surface area contributed by atoms with Crippen LogP contribution in [0.5, 0.6) is 0 Å². The molecule has 0 bridgehead atoms. The zero-order valence-electron chi connectivity index (χ0n) is 25.4. The molecule has 1 saturated heterocycles. The molecule has 240 valence electrons. The normalized spacial score (nSPS) is 16.9. The largest absolute Gasteiger partial charge is 0.444 e. The lowest BCUT2D eigenvalue weighted by Crippen LogP contribution is -2.51. The second-order valence-corrected chi connectivity index (χ2v) is 14.5. The Hall–Kier alpha value is -3.14. The molecule has 4 rings (SSSR count). The number of aromatic nitrogens is 1. The number of alkyl carbamates (subject to hydrolysis) is 1. The average molecular weight is 648 g/mol. The lowest BCUT2D eigenvalue weighted by Gasteiger charge is -2.30. The van der Waals surface area contributed by atoms with Gasteiger partial charge in [-0.25, -0.2) is 18.2 Å². The molecule has 2 amide bonds. The number of nitrogens with one attached hydrogen (secondary N) is 2. The van der Waals surface area contributed by atoms with E-state index in [1.54, 1.807) is 25.1 Å². The third-order valence-electron chi connectivity index (χ3n) is 6.89. The minimum Gasteiger partial charge on any atom is -0.444 e. The lowest BCUT2D eigenvalue weighted by atomic mass is 10.0. The molecule has 1 aromatic heterocycles. The van der Waals surface area contributed by atoms with Crippen LogP contribution in [-0.4, -0.2) is 105 Å². The van der Waals surface area contributed by atoms with E-state index in [0.29, 0.717) is 35.0 Å². The number of nitrogens with zero attached hydrogens (tertiary/aromatic N) is 3. The van der Waals surface area contributed by atoms with Crippen molar-refractivity contribution in [1.82, 2.24) is 19.5 Å². The molecule has 0 spiro atoms. The van der Waals surface area contributed by atoms with Crippen LogP contribution in [0.25, 0.3) is 10.2 Å². The van der Waals surface area contributed by atoms with E-state index in [0.717, 1.165) is 5.56 Å². The van der Waals surface area contributed by atoms with Gasteiger partial charge in [0.25, 0.3) is 0 Å². The van der Waals surface area contributed by atoms with Gasteiger partial charge >= 0.3 is 6.09 Å². The number of hydrogen-bond donors (Lipinski definition) is 3. The van der Waals surface area contributed by atoms with E-state index < -0.39 is 28.3 Å². The van der Waals surface area contributed by atoms with Crippen LogP contribution in [0.2, 0.25) is 0 Å². The first kappa shape index (κ1) is 33.7. The number of ether oxygens (including phenoxy) is 2. The zero-order valence-corrected chi connectivity index (χ0v) is 27.1. The van der Waals surface area contributed by atoms with Crippen molar-refractivity contribution in [2.75, 3.05) is 52.3 Å². The van der Waals surface area contributed by atoms with E-state index in [1.807, 2.05) is 44.2 Å². The summed E-state index contributed by atoms with van der Waals surface area (Å²) in [7, 11) is -0.500. The van der Waals surface area contributed by atoms with Crippen LogP contribution < -0.4 is 10.6 Å². The number of hydrogen-bond acceptors (Lipinski definition) is 10. The maximum atomic E-state index is 14.0. The third-order valence-corrected chi connectivity index (χ3v) is 9.65. The molecule has 2 aromatic carbocycles. The minimum absolute atomic E-state index is 0.0425. The van der Waals surface area contributed by atoms with E-state index in [1.165, 1.54) is 27.8 Å². The Morgan fingerprint density at radius 3 is 2.57 bits per heavy atom. The Balaban J connectivity index is 1.55. The van der Waals surface area contributed by atoms with E-state index in [4.69, 9.17) is 9.47 Å². The number of aliphatic hydroxyl groups is 1. The van der Waals surface area contributed by atoms with Crippen molar-refractivity contribution in [2.45, 2.75) is 49.8 Å². The maximum Gasteiger partial charge on any atom is 0.407 e. The monoisotopic (exact) mass is 647 g/mol. The molecule has 0 unspecified atom stereocenters. The van der Waals surface area contributed by atoms with Crippen molar-refractivity contribution < 1.29 is 32.6 Å². The van der Waals surface area contributed by atoms with Crippen molar-refractivity contribution in [1.29, 1.82) is 0 Å². The topological polar surface area (TPSA) is 150 Å². The van der Waals surface area contributed by atoms with Gasteiger partial charge in [0.1, 0.15) is 6.10 Å². The van der Waals surface area contributed by atoms with Crippen LogP contribution >= 0.6 is 11.3 Å². The Kier molecular flexibility index (Phi) is 11.7. The predicted octanol–water partition coefficient (Wildman–Crippen LogP) is 2.93. The summed E-state index contributed by atoms with van der Waals surface area (Å²) < 4.78 is 40.6.